The van der Waals surface area contributed by atoms with Crippen molar-refractivity contribution >= 4 is 11.4 Å². The number of benzene rings is 1. The second-order valence-electron chi connectivity index (χ2n) is 6.98. The first-order valence-corrected chi connectivity index (χ1v) is 10.1. The van der Waals surface area contributed by atoms with E-state index in [1.165, 1.54) is 70.6 Å². The first-order valence-electron chi connectivity index (χ1n) is 10.1. The van der Waals surface area contributed by atoms with Crippen LogP contribution in [0.25, 0.3) is 0 Å². The third kappa shape index (κ3) is 9.59. The number of ether oxygens (including phenoxy) is 1. The molecule has 143 valence electrons. The molecule has 25 heavy (non-hydrogen) atoms. The highest BCUT2D eigenvalue weighted by molar-refractivity contribution is 5.71. The largest absolute Gasteiger partial charge is 0.491 e. The Kier molecular flexibility index (Phi) is 12.0. The summed E-state index contributed by atoms with van der Waals surface area (Å²) in [6.45, 7) is 2.59. The molecule has 0 aliphatic carbocycles. The predicted octanol–water partition coefficient (Wildman–Crippen LogP) is 5.86. The molecule has 1 aromatic rings. The molecule has 0 amide bonds. The van der Waals surface area contributed by atoms with Crippen molar-refractivity contribution < 1.29 is 9.84 Å². The van der Waals surface area contributed by atoms with Crippen LogP contribution in [0.1, 0.15) is 89.5 Å². The van der Waals surface area contributed by atoms with Crippen LogP contribution in [-0.4, -0.2) is 6.61 Å². The molecule has 4 heteroatoms. The van der Waals surface area contributed by atoms with Crippen LogP contribution in [0.3, 0.4) is 0 Å². The molecule has 1 rings (SSSR count). The molecule has 4 N–H and O–H groups in total. The summed E-state index contributed by atoms with van der Waals surface area (Å²) in [4.78, 5) is 0. The molecule has 0 aromatic heterocycles. The highest BCUT2D eigenvalue weighted by atomic mass is 16.5. The van der Waals surface area contributed by atoms with Crippen molar-refractivity contribution in [3.8, 4) is 5.75 Å². The molecular weight excluding hydrogens is 312 g/mol. The molecular formula is C21H37N2O2. The van der Waals surface area contributed by atoms with Crippen LogP contribution < -0.4 is 16.2 Å². The fourth-order valence-electron chi connectivity index (χ4n) is 3.04. The first kappa shape index (κ1) is 21.6. The van der Waals surface area contributed by atoms with Crippen LogP contribution in [0.4, 0.5) is 11.4 Å². The highest BCUT2D eigenvalue weighted by Gasteiger charge is 2.07. The molecule has 1 radical (unpaired) electrons. The van der Waals surface area contributed by atoms with E-state index in [9.17, 15) is 5.11 Å². The minimum absolute atomic E-state index is 0.306. The summed E-state index contributed by atoms with van der Waals surface area (Å²) < 4.78 is 5.71. The number of anilines is 2. The van der Waals surface area contributed by atoms with Crippen molar-refractivity contribution in [2.45, 2.75) is 90.6 Å². The van der Waals surface area contributed by atoms with Gasteiger partial charge in [-0.05, 0) is 24.1 Å². The van der Waals surface area contributed by atoms with Gasteiger partial charge in [0, 0.05) is 0 Å². The van der Waals surface area contributed by atoms with E-state index in [2.05, 4.69) is 6.92 Å². The minimum atomic E-state index is -0.306. The van der Waals surface area contributed by atoms with Crippen LogP contribution in [0.15, 0.2) is 12.1 Å². The van der Waals surface area contributed by atoms with Crippen LogP contribution >= 0.6 is 0 Å². The maximum Gasteiger partial charge on any atom is 0.144 e. The number of hydrogen-bond acceptors (Lipinski definition) is 3. The molecule has 0 spiro atoms. The summed E-state index contributed by atoms with van der Waals surface area (Å²) in [5.74, 6) is 0.550. The van der Waals surface area contributed by atoms with Crippen molar-refractivity contribution in [3.05, 3.63) is 17.7 Å². The monoisotopic (exact) mass is 349 g/mol. The van der Waals surface area contributed by atoms with Gasteiger partial charge in [-0.1, -0.05) is 77.6 Å². The Balaban J connectivity index is 2.00. The lowest BCUT2D eigenvalue weighted by atomic mass is 10.1. The van der Waals surface area contributed by atoms with E-state index in [4.69, 9.17) is 16.2 Å². The van der Waals surface area contributed by atoms with E-state index in [0.29, 0.717) is 29.3 Å². The van der Waals surface area contributed by atoms with Crippen molar-refractivity contribution in [3.63, 3.8) is 0 Å². The van der Waals surface area contributed by atoms with E-state index < -0.39 is 0 Å². The smallest absolute Gasteiger partial charge is 0.144 e. The van der Waals surface area contributed by atoms with E-state index >= 15 is 0 Å². The zero-order valence-corrected chi connectivity index (χ0v) is 16.0. The van der Waals surface area contributed by atoms with Gasteiger partial charge in [0.25, 0.3) is 0 Å². The summed E-state index contributed by atoms with van der Waals surface area (Å²) in [5.41, 5.74) is 13.2. The molecule has 0 atom stereocenters. The van der Waals surface area contributed by atoms with Gasteiger partial charge in [-0.2, -0.15) is 0 Å². The second kappa shape index (κ2) is 13.8. The lowest BCUT2D eigenvalue weighted by Crippen LogP contribution is -2.04. The molecule has 0 fully saturated rings. The Morgan fingerprint density at radius 3 is 1.84 bits per heavy atom. The maximum atomic E-state index is 11.0. The Hall–Kier alpha value is -1.42. The summed E-state index contributed by atoms with van der Waals surface area (Å²) in [7, 11) is 0. The summed E-state index contributed by atoms with van der Waals surface area (Å²) in [6.07, 6.45) is 15.8. The Morgan fingerprint density at radius 1 is 0.800 bits per heavy atom. The van der Waals surface area contributed by atoms with E-state index in [1.807, 2.05) is 0 Å². The predicted molar refractivity (Wildman–Crippen MR) is 106 cm³/mol. The van der Waals surface area contributed by atoms with Gasteiger partial charge in [0.15, 0.2) is 0 Å². The Morgan fingerprint density at radius 2 is 1.32 bits per heavy atom. The summed E-state index contributed by atoms with van der Waals surface area (Å²) in [5, 5.41) is 11.0. The maximum absolute atomic E-state index is 11.0. The van der Waals surface area contributed by atoms with E-state index in [0.717, 1.165) is 6.42 Å². The van der Waals surface area contributed by atoms with Gasteiger partial charge in [0.2, 0.25) is 0 Å². The molecule has 0 unspecified atom stereocenters. The van der Waals surface area contributed by atoms with Gasteiger partial charge in [0.1, 0.15) is 12.4 Å². The van der Waals surface area contributed by atoms with E-state index in [-0.39, 0.29) is 6.61 Å². The molecule has 0 aliphatic heterocycles. The normalized spacial score (nSPS) is 11.0. The number of nitrogens with two attached hydrogens (primary N) is 2. The molecule has 0 aliphatic rings. The molecule has 1 aromatic carbocycles. The molecule has 0 bridgehead atoms. The summed E-state index contributed by atoms with van der Waals surface area (Å²) in [6, 6.07) is 3.33. The standard InChI is InChI=1S/C21H37N2O2/c1-2-3-4-5-6-7-8-9-10-11-12-13-14-25-20-16-18(17-24)15-19(22)21(20)23/h15-16H,2-14,17,22-23H2,1H3. The molecule has 4 nitrogen and oxygen atoms in total. The fourth-order valence-corrected chi connectivity index (χ4v) is 3.04. The SMILES string of the molecule is CCCCCCCCCCCCCCOc1cc(C[O])cc(N)c1N. The zero-order valence-electron chi connectivity index (χ0n) is 16.0. The minimum Gasteiger partial charge on any atom is -0.491 e. The van der Waals surface area contributed by atoms with Gasteiger partial charge < -0.3 is 16.2 Å². The second-order valence-corrected chi connectivity index (χ2v) is 6.98. The average molecular weight is 350 g/mol. The number of rotatable bonds is 15. The third-order valence-electron chi connectivity index (χ3n) is 4.66. The van der Waals surface area contributed by atoms with Gasteiger partial charge in [0.05, 0.1) is 18.0 Å². The number of unbranched alkanes of at least 4 members (excludes halogenated alkanes) is 11. The topological polar surface area (TPSA) is 81.2 Å². The van der Waals surface area contributed by atoms with Crippen molar-refractivity contribution in [1.82, 2.24) is 0 Å². The van der Waals surface area contributed by atoms with Gasteiger partial charge >= 0.3 is 0 Å². The van der Waals surface area contributed by atoms with Crippen LogP contribution in [0.2, 0.25) is 0 Å². The van der Waals surface area contributed by atoms with Crippen molar-refractivity contribution in [2.75, 3.05) is 18.1 Å². The molecule has 0 heterocycles. The quantitative estimate of drug-likeness (QED) is 0.307. The zero-order chi connectivity index (χ0) is 18.3. The van der Waals surface area contributed by atoms with E-state index in [1.54, 1.807) is 12.1 Å². The molecule has 0 saturated heterocycles. The third-order valence-corrected chi connectivity index (χ3v) is 4.66. The van der Waals surface area contributed by atoms with Crippen LogP contribution in [0.5, 0.6) is 5.75 Å². The van der Waals surface area contributed by atoms with Gasteiger partial charge in [-0.3, -0.25) is 0 Å². The fraction of sp³-hybridized carbons (Fsp3) is 0.714. The van der Waals surface area contributed by atoms with Gasteiger partial charge in [-0.15, -0.1) is 0 Å². The lowest BCUT2D eigenvalue weighted by molar-refractivity contribution is 0.177. The first-order chi connectivity index (χ1) is 12.2. The van der Waals surface area contributed by atoms with Crippen LogP contribution in [-0.2, 0) is 11.7 Å². The molecule has 0 saturated carbocycles. The van der Waals surface area contributed by atoms with Crippen molar-refractivity contribution in [1.29, 1.82) is 0 Å². The lowest BCUT2D eigenvalue weighted by Gasteiger charge is -2.12. The van der Waals surface area contributed by atoms with Crippen LogP contribution in [0, 0.1) is 0 Å². The summed E-state index contributed by atoms with van der Waals surface area (Å²) >= 11 is 0. The highest BCUT2D eigenvalue weighted by Crippen LogP contribution is 2.29. The Labute approximate surface area is 153 Å². The van der Waals surface area contributed by atoms with Gasteiger partial charge in [-0.25, -0.2) is 5.11 Å². The Bertz CT molecular complexity index is 463. The van der Waals surface area contributed by atoms with Crippen molar-refractivity contribution in [2.24, 2.45) is 0 Å². The number of nitrogen functional groups attached to an aromatic ring is 2. The number of hydrogen-bond donors (Lipinski definition) is 2. The average Bonchev–Trinajstić information content (AvgIpc) is 2.62.